The maximum atomic E-state index is 5.66. The molecule has 0 heterocycles. The molecule has 0 aliphatic heterocycles. The van der Waals surface area contributed by atoms with Crippen molar-refractivity contribution < 1.29 is 9.47 Å². The van der Waals surface area contributed by atoms with Crippen molar-refractivity contribution in [3.63, 3.8) is 0 Å². The van der Waals surface area contributed by atoms with E-state index in [2.05, 4.69) is 15.9 Å². The first-order chi connectivity index (χ1) is 10.2. The lowest BCUT2D eigenvalue weighted by Gasteiger charge is -2.10. The quantitative estimate of drug-likeness (QED) is 0.600. The number of ether oxygens (including phenoxy) is 2. The Morgan fingerprint density at radius 3 is 2.67 bits per heavy atom. The van der Waals surface area contributed by atoms with Crippen LogP contribution in [0.3, 0.4) is 0 Å². The molecule has 2 aromatic rings. The van der Waals surface area contributed by atoms with E-state index >= 15 is 0 Å². The highest BCUT2D eigenvalue weighted by Crippen LogP contribution is 2.17. The third-order valence-electron chi connectivity index (χ3n) is 2.80. The van der Waals surface area contributed by atoms with E-state index in [9.17, 15) is 0 Å². The van der Waals surface area contributed by atoms with E-state index in [1.54, 1.807) is 0 Å². The standard InChI is InChI=1S/C16H16BrNO2S/c17-13-5-3-4-12(10-13)11-19-8-9-20-15-7-2-1-6-14(15)16(18)21/h1-7,10H,8-9,11H2,(H2,18,21). The molecule has 0 bridgehead atoms. The van der Waals surface area contributed by atoms with Crippen molar-refractivity contribution in [3.05, 3.63) is 64.1 Å². The highest BCUT2D eigenvalue weighted by Gasteiger charge is 2.04. The van der Waals surface area contributed by atoms with Crippen LogP contribution in [-0.4, -0.2) is 18.2 Å². The van der Waals surface area contributed by atoms with Gasteiger partial charge in [-0.25, -0.2) is 0 Å². The van der Waals surface area contributed by atoms with Gasteiger partial charge < -0.3 is 15.2 Å². The van der Waals surface area contributed by atoms with Crippen molar-refractivity contribution in [1.29, 1.82) is 0 Å². The highest BCUT2D eigenvalue weighted by atomic mass is 79.9. The summed E-state index contributed by atoms with van der Waals surface area (Å²) in [4.78, 5) is 0.334. The molecule has 0 atom stereocenters. The average molecular weight is 366 g/mol. The maximum Gasteiger partial charge on any atom is 0.129 e. The van der Waals surface area contributed by atoms with E-state index in [4.69, 9.17) is 27.4 Å². The number of hydrogen-bond donors (Lipinski definition) is 1. The number of benzene rings is 2. The van der Waals surface area contributed by atoms with Gasteiger partial charge >= 0.3 is 0 Å². The second-order valence-corrected chi connectivity index (χ2v) is 5.75. The molecule has 2 rings (SSSR count). The second-order valence-electron chi connectivity index (χ2n) is 4.39. The Morgan fingerprint density at radius 1 is 1.10 bits per heavy atom. The van der Waals surface area contributed by atoms with Crippen molar-refractivity contribution in [2.24, 2.45) is 5.73 Å². The van der Waals surface area contributed by atoms with E-state index in [0.29, 0.717) is 30.6 Å². The van der Waals surface area contributed by atoms with Crippen molar-refractivity contribution >= 4 is 33.1 Å². The lowest BCUT2D eigenvalue weighted by atomic mass is 10.2. The first-order valence-corrected chi connectivity index (χ1v) is 7.71. The van der Waals surface area contributed by atoms with Crippen LogP contribution in [0, 0.1) is 0 Å². The van der Waals surface area contributed by atoms with Crippen LogP contribution in [0.4, 0.5) is 0 Å². The Morgan fingerprint density at radius 2 is 1.90 bits per heavy atom. The highest BCUT2D eigenvalue weighted by molar-refractivity contribution is 9.10. The molecule has 0 unspecified atom stereocenters. The summed E-state index contributed by atoms with van der Waals surface area (Å²) < 4.78 is 12.3. The summed E-state index contributed by atoms with van der Waals surface area (Å²) in [7, 11) is 0. The summed E-state index contributed by atoms with van der Waals surface area (Å²) in [5.41, 5.74) is 7.52. The topological polar surface area (TPSA) is 44.5 Å². The fourth-order valence-electron chi connectivity index (χ4n) is 1.82. The number of halogens is 1. The SMILES string of the molecule is NC(=S)c1ccccc1OCCOCc1cccc(Br)c1. The number of nitrogens with two attached hydrogens (primary N) is 1. The molecule has 0 aromatic heterocycles. The molecular formula is C16H16BrNO2S. The summed E-state index contributed by atoms with van der Waals surface area (Å²) in [5, 5.41) is 0. The van der Waals surface area contributed by atoms with Gasteiger partial charge in [-0.2, -0.15) is 0 Å². The van der Waals surface area contributed by atoms with Crippen LogP contribution in [0.2, 0.25) is 0 Å². The molecule has 0 fully saturated rings. The maximum absolute atomic E-state index is 5.66. The van der Waals surface area contributed by atoms with E-state index in [0.717, 1.165) is 15.6 Å². The first kappa shape index (κ1) is 15.9. The molecule has 0 aliphatic carbocycles. The number of hydrogen-bond acceptors (Lipinski definition) is 3. The van der Waals surface area contributed by atoms with Gasteiger partial charge in [-0.3, -0.25) is 0 Å². The molecule has 0 saturated carbocycles. The lowest BCUT2D eigenvalue weighted by Crippen LogP contribution is -2.13. The Bertz CT molecular complexity index is 619. The van der Waals surface area contributed by atoms with Crippen LogP contribution in [-0.2, 0) is 11.3 Å². The Hall–Kier alpha value is -1.43. The molecule has 2 N–H and O–H groups in total. The second kappa shape index (κ2) is 8.12. The van der Waals surface area contributed by atoms with Gasteiger partial charge in [0.25, 0.3) is 0 Å². The Labute approximate surface area is 138 Å². The van der Waals surface area contributed by atoms with Gasteiger partial charge in [0, 0.05) is 4.47 Å². The molecule has 3 nitrogen and oxygen atoms in total. The average Bonchev–Trinajstić information content (AvgIpc) is 2.47. The lowest BCUT2D eigenvalue weighted by molar-refractivity contribution is 0.0888. The van der Waals surface area contributed by atoms with Gasteiger partial charge in [0.1, 0.15) is 17.3 Å². The van der Waals surface area contributed by atoms with E-state index in [1.165, 1.54) is 0 Å². The fourth-order valence-corrected chi connectivity index (χ4v) is 2.44. The van der Waals surface area contributed by atoms with E-state index in [-0.39, 0.29) is 0 Å². The minimum Gasteiger partial charge on any atom is -0.490 e. The molecule has 5 heteroatoms. The zero-order valence-corrected chi connectivity index (χ0v) is 13.8. The monoisotopic (exact) mass is 365 g/mol. The van der Waals surface area contributed by atoms with Gasteiger partial charge in [0.05, 0.1) is 18.8 Å². The van der Waals surface area contributed by atoms with Crippen LogP contribution >= 0.6 is 28.1 Å². The molecule has 21 heavy (non-hydrogen) atoms. The third-order valence-corrected chi connectivity index (χ3v) is 3.51. The molecule has 0 spiro atoms. The van der Waals surface area contributed by atoms with E-state index in [1.807, 2.05) is 48.5 Å². The molecule has 2 aromatic carbocycles. The summed E-state index contributed by atoms with van der Waals surface area (Å²) in [5.74, 6) is 0.691. The van der Waals surface area contributed by atoms with Crippen LogP contribution in [0.1, 0.15) is 11.1 Å². The third kappa shape index (κ3) is 5.12. The van der Waals surface area contributed by atoms with Crippen LogP contribution < -0.4 is 10.5 Å². The molecule has 0 saturated heterocycles. The predicted molar refractivity (Wildman–Crippen MR) is 91.6 cm³/mol. The summed E-state index contributed by atoms with van der Waals surface area (Å²) in [6.45, 7) is 1.51. The van der Waals surface area contributed by atoms with Gasteiger partial charge in [-0.15, -0.1) is 0 Å². The van der Waals surface area contributed by atoms with E-state index < -0.39 is 0 Å². The van der Waals surface area contributed by atoms with Crippen molar-refractivity contribution in [2.75, 3.05) is 13.2 Å². The molecule has 0 radical (unpaired) electrons. The fraction of sp³-hybridized carbons (Fsp3) is 0.188. The first-order valence-electron chi connectivity index (χ1n) is 6.50. The number of para-hydroxylation sites is 1. The zero-order chi connectivity index (χ0) is 15.1. The Balaban J connectivity index is 1.76. The van der Waals surface area contributed by atoms with Crippen LogP contribution in [0.25, 0.3) is 0 Å². The number of rotatable bonds is 7. The predicted octanol–water partition coefficient (Wildman–Crippen LogP) is 3.68. The van der Waals surface area contributed by atoms with Gasteiger partial charge in [0.2, 0.25) is 0 Å². The Kier molecular flexibility index (Phi) is 6.17. The van der Waals surface area contributed by atoms with Crippen molar-refractivity contribution in [2.45, 2.75) is 6.61 Å². The molecule has 110 valence electrons. The van der Waals surface area contributed by atoms with Gasteiger partial charge in [-0.1, -0.05) is 52.4 Å². The summed E-state index contributed by atoms with van der Waals surface area (Å²) in [6.07, 6.45) is 0. The molecular weight excluding hydrogens is 350 g/mol. The summed E-state index contributed by atoms with van der Waals surface area (Å²) in [6, 6.07) is 15.5. The number of thiocarbonyl (C=S) groups is 1. The largest absolute Gasteiger partial charge is 0.490 e. The molecule has 0 aliphatic rings. The minimum atomic E-state index is 0.334. The molecule has 0 amide bonds. The summed E-state index contributed by atoms with van der Waals surface area (Å²) >= 11 is 8.42. The minimum absolute atomic E-state index is 0.334. The van der Waals surface area contributed by atoms with Crippen molar-refractivity contribution in [1.82, 2.24) is 0 Å². The van der Waals surface area contributed by atoms with Gasteiger partial charge in [-0.05, 0) is 29.8 Å². The van der Waals surface area contributed by atoms with Gasteiger partial charge in [0.15, 0.2) is 0 Å². The normalized spacial score (nSPS) is 10.3. The smallest absolute Gasteiger partial charge is 0.129 e. The van der Waals surface area contributed by atoms with Crippen LogP contribution in [0.5, 0.6) is 5.75 Å². The van der Waals surface area contributed by atoms with Crippen LogP contribution in [0.15, 0.2) is 53.0 Å². The zero-order valence-electron chi connectivity index (χ0n) is 11.4. The van der Waals surface area contributed by atoms with Crippen molar-refractivity contribution in [3.8, 4) is 5.75 Å².